The van der Waals surface area contributed by atoms with Crippen LogP contribution in [-0.2, 0) is 0 Å². The van der Waals surface area contributed by atoms with E-state index < -0.39 is 0 Å². The Morgan fingerprint density at radius 2 is 1.88 bits per heavy atom. The molecule has 0 saturated heterocycles. The van der Waals surface area contributed by atoms with Crippen molar-refractivity contribution in [1.29, 1.82) is 0 Å². The lowest BCUT2D eigenvalue weighted by atomic mass is 10.0. The lowest BCUT2D eigenvalue weighted by molar-refractivity contribution is 0.162. The molecule has 0 bridgehead atoms. The molecule has 16 heavy (non-hydrogen) atoms. The minimum atomic E-state index is -0.233. The normalized spacial score (nSPS) is 14.7. The zero-order valence-corrected chi connectivity index (χ0v) is 10.3. The molecule has 0 aliphatic heterocycles. The molecule has 0 aromatic heterocycles. The van der Waals surface area contributed by atoms with Gasteiger partial charge in [-0.15, -0.1) is 0 Å². The van der Waals surface area contributed by atoms with Crippen LogP contribution in [0.4, 0.5) is 0 Å². The summed E-state index contributed by atoms with van der Waals surface area (Å²) in [6.07, 6.45) is 2.83. The van der Waals surface area contributed by atoms with Crippen LogP contribution in [0, 0.1) is 0 Å². The van der Waals surface area contributed by atoms with Crippen molar-refractivity contribution in [2.24, 2.45) is 0 Å². The first kappa shape index (κ1) is 13.2. The molecule has 0 heterocycles. The Hall–Kier alpha value is -0.860. The molecule has 0 spiro atoms. The summed E-state index contributed by atoms with van der Waals surface area (Å²) in [6, 6.07) is 10.8. The van der Waals surface area contributed by atoms with E-state index in [1.54, 1.807) is 0 Å². The van der Waals surface area contributed by atoms with Gasteiger partial charge in [0.25, 0.3) is 0 Å². The molecule has 2 unspecified atom stereocenters. The van der Waals surface area contributed by atoms with Crippen LogP contribution in [0.25, 0.3) is 0 Å². The maximum atomic E-state index is 9.56. The Morgan fingerprint density at radius 3 is 2.44 bits per heavy atom. The quantitative estimate of drug-likeness (QED) is 0.742. The van der Waals surface area contributed by atoms with Gasteiger partial charge in [-0.05, 0) is 18.4 Å². The van der Waals surface area contributed by atoms with E-state index >= 15 is 0 Å². The molecule has 2 N–H and O–H groups in total. The molecule has 0 radical (unpaired) electrons. The molecule has 1 aromatic carbocycles. The number of benzene rings is 1. The lowest BCUT2D eigenvalue weighted by Crippen LogP contribution is -2.30. The molecule has 0 aliphatic rings. The third kappa shape index (κ3) is 4.33. The van der Waals surface area contributed by atoms with Gasteiger partial charge in [0.05, 0.1) is 6.10 Å². The third-order valence-electron chi connectivity index (χ3n) is 2.85. The van der Waals surface area contributed by atoms with Gasteiger partial charge in [-0.25, -0.2) is 0 Å². The first-order valence-electron chi connectivity index (χ1n) is 6.24. The van der Waals surface area contributed by atoms with Gasteiger partial charge in [-0.2, -0.15) is 0 Å². The largest absolute Gasteiger partial charge is 0.392 e. The summed E-state index contributed by atoms with van der Waals surface area (Å²) >= 11 is 0. The molecule has 0 saturated carbocycles. The molecule has 2 heteroatoms. The standard InChI is InChI=1S/C14H23NO/c1-3-8-14(15-11-13(16)4-2)12-9-6-5-7-10-12/h5-7,9-10,13-16H,3-4,8,11H2,1-2H3. The Morgan fingerprint density at radius 1 is 1.19 bits per heavy atom. The van der Waals surface area contributed by atoms with Crippen LogP contribution in [0.2, 0.25) is 0 Å². The van der Waals surface area contributed by atoms with E-state index in [-0.39, 0.29) is 6.10 Å². The van der Waals surface area contributed by atoms with E-state index in [4.69, 9.17) is 0 Å². The maximum Gasteiger partial charge on any atom is 0.0662 e. The van der Waals surface area contributed by atoms with Gasteiger partial charge >= 0.3 is 0 Å². The second-order valence-electron chi connectivity index (χ2n) is 4.22. The first-order valence-corrected chi connectivity index (χ1v) is 6.24. The van der Waals surface area contributed by atoms with Gasteiger partial charge in [0.1, 0.15) is 0 Å². The van der Waals surface area contributed by atoms with Crippen molar-refractivity contribution in [3.8, 4) is 0 Å². The van der Waals surface area contributed by atoms with Crippen molar-refractivity contribution >= 4 is 0 Å². The molecule has 1 aromatic rings. The average Bonchev–Trinajstić information content (AvgIpc) is 2.35. The van der Waals surface area contributed by atoms with Crippen LogP contribution in [-0.4, -0.2) is 17.8 Å². The maximum absolute atomic E-state index is 9.56. The molecular formula is C14H23NO. The number of rotatable bonds is 7. The van der Waals surface area contributed by atoms with Crippen LogP contribution in [0.15, 0.2) is 30.3 Å². The van der Waals surface area contributed by atoms with Crippen LogP contribution in [0.1, 0.15) is 44.7 Å². The second kappa shape index (κ2) is 7.42. The first-order chi connectivity index (χ1) is 7.77. The van der Waals surface area contributed by atoms with Crippen molar-refractivity contribution in [3.63, 3.8) is 0 Å². The smallest absolute Gasteiger partial charge is 0.0662 e. The van der Waals surface area contributed by atoms with E-state index in [9.17, 15) is 5.11 Å². The summed E-state index contributed by atoms with van der Waals surface area (Å²) in [5, 5.41) is 13.0. The van der Waals surface area contributed by atoms with Gasteiger partial charge in [0.15, 0.2) is 0 Å². The summed E-state index contributed by atoms with van der Waals surface area (Å²) in [5.74, 6) is 0. The van der Waals surface area contributed by atoms with Crippen molar-refractivity contribution in [2.45, 2.75) is 45.3 Å². The number of hydrogen-bond acceptors (Lipinski definition) is 2. The third-order valence-corrected chi connectivity index (χ3v) is 2.85. The van der Waals surface area contributed by atoms with Crippen molar-refractivity contribution < 1.29 is 5.11 Å². The fourth-order valence-electron chi connectivity index (χ4n) is 1.78. The number of aliphatic hydroxyl groups excluding tert-OH is 1. The van der Waals surface area contributed by atoms with Gasteiger partial charge in [-0.1, -0.05) is 50.6 Å². The molecule has 0 fully saturated rings. The van der Waals surface area contributed by atoms with E-state index in [1.807, 2.05) is 13.0 Å². The van der Waals surface area contributed by atoms with Gasteiger partial charge in [0, 0.05) is 12.6 Å². The SMILES string of the molecule is CCCC(NCC(O)CC)c1ccccc1. The summed E-state index contributed by atoms with van der Waals surface area (Å²) in [7, 11) is 0. The second-order valence-corrected chi connectivity index (χ2v) is 4.22. The average molecular weight is 221 g/mol. The highest BCUT2D eigenvalue weighted by Crippen LogP contribution is 2.17. The number of aliphatic hydroxyl groups is 1. The number of hydrogen-bond donors (Lipinski definition) is 2. The van der Waals surface area contributed by atoms with Crippen molar-refractivity contribution in [3.05, 3.63) is 35.9 Å². The monoisotopic (exact) mass is 221 g/mol. The molecular weight excluding hydrogens is 198 g/mol. The van der Waals surface area contributed by atoms with E-state index in [1.165, 1.54) is 5.56 Å². The summed E-state index contributed by atoms with van der Waals surface area (Å²) < 4.78 is 0. The van der Waals surface area contributed by atoms with E-state index in [0.717, 1.165) is 19.3 Å². The summed E-state index contributed by atoms with van der Waals surface area (Å²) in [4.78, 5) is 0. The van der Waals surface area contributed by atoms with E-state index in [0.29, 0.717) is 12.6 Å². The molecule has 90 valence electrons. The summed E-state index contributed by atoms with van der Waals surface area (Å²) in [5.41, 5.74) is 1.31. The highest BCUT2D eigenvalue weighted by Gasteiger charge is 2.10. The Kier molecular flexibility index (Phi) is 6.12. The van der Waals surface area contributed by atoms with Crippen molar-refractivity contribution in [1.82, 2.24) is 5.32 Å². The van der Waals surface area contributed by atoms with Gasteiger partial charge in [0.2, 0.25) is 0 Å². The Labute approximate surface area is 98.7 Å². The van der Waals surface area contributed by atoms with Gasteiger partial charge < -0.3 is 10.4 Å². The predicted octanol–water partition coefficient (Wildman–Crippen LogP) is 2.89. The molecule has 2 atom stereocenters. The van der Waals surface area contributed by atoms with Crippen LogP contribution >= 0.6 is 0 Å². The van der Waals surface area contributed by atoms with Crippen LogP contribution < -0.4 is 5.32 Å². The fraction of sp³-hybridized carbons (Fsp3) is 0.571. The topological polar surface area (TPSA) is 32.3 Å². The van der Waals surface area contributed by atoms with Crippen molar-refractivity contribution in [2.75, 3.05) is 6.54 Å². The lowest BCUT2D eigenvalue weighted by Gasteiger charge is -2.20. The highest BCUT2D eigenvalue weighted by molar-refractivity contribution is 5.18. The minimum absolute atomic E-state index is 0.233. The van der Waals surface area contributed by atoms with E-state index in [2.05, 4.69) is 36.5 Å². The summed E-state index contributed by atoms with van der Waals surface area (Å²) in [6.45, 7) is 4.87. The molecule has 1 rings (SSSR count). The zero-order valence-electron chi connectivity index (χ0n) is 10.3. The highest BCUT2D eigenvalue weighted by atomic mass is 16.3. The molecule has 0 amide bonds. The fourth-order valence-corrected chi connectivity index (χ4v) is 1.78. The molecule has 0 aliphatic carbocycles. The Bertz CT molecular complexity index is 273. The minimum Gasteiger partial charge on any atom is -0.392 e. The van der Waals surface area contributed by atoms with Crippen LogP contribution in [0.5, 0.6) is 0 Å². The van der Waals surface area contributed by atoms with Crippen LogP contribution in [0.3, 0.4) is 0 Å². The Balaban J connectivity index is 2.54. The predicted molar refractivity (Wildman–Crippen MR) is 68.4 cm³/mol. The molecule has 2 nitrogen and oxygen atoms in total. The zero-order chi connectivity index (χ0) is 11.8. The number of nitrogens with one attached hydrogen (secondary N) is 1. The van der Waals surface area contributed by atoms with Gasteiger partial charge in [-0.3, -0.25) is 0 Å².